The Balaban J connectivity index is 1.51. The Morgan fingerprint density at radius 2 is 1.68 bits per heavy atom. The summed E-state index contributed by atoms with van der Waals surface area (Å²) in [5, 5.41) is 2.89. The van der Waals surface area contributed by atoms with Crippen molar-refractivity contribution in [3.05, 3.63) is 96.7 Å². The summed E-state index contributed by atoms with van der Waals surface area (Å²) in [6, 6.07) is 28.3. The zero-order valence-electron chi connectivity index (χ0n) is 15.0. The maximum absolute atomic E-state index is 6.32. The van der Waals surface area contributed by atoms with E-state index < -0.39 is 0 Å². The lowest BCUT2D eigenvalue weighted by molar-refractivity contribution is 0.302. The van der Waals surface area contributed by atoms with Crippen LogP contribution >= 0.6 is 11.3 Å². The summed E-state index contributed by atoms with van der Waals surface area (Å²) >= 11 is 1.61. The van der Waals surface area contributed by atoms with Crippen LogP contribution in [0.25, 0.3) is 21.0 Å². The van der Waals surface area contributed by atoms with Crippen LogP contribution in [-0.2, 0) is 6.61 Å². The number of ether oxygens (including phenoxy) is 2. The van der Waals surface area contributed by atoms with Gasteiger partial charge < -0.3 is 9.47 Å². The van der Waals surface area contributed by atoms with E-state index in [1.54, 1.807) is 17.5 Å². The molecule has 5 rings (SSSR count). The molecule has 0 bridgehead atoms. The van der Waals surface area contributed by atoms with Gasteiger partial charge in [0.15, 0.2) is 5.75 Å². The molecule has 0 unspecified atom stereocenters. The molecule has 3 nitrogen and oxygen atoms in total. The third-order valence-corrected chi connectivity index (χ3v) is 5.59. The molecular weight excluding hydrogens is 366 g/mol. The number of thiophene rings is 1. The molecule has 0 aliphatic carbocycles. The highest BCUT2D eigenvalue weighted by Gasteiger charge is 2.16. The molecule has 136 valence electrons. The Kier molecular flexibility index (Phi) is 4.39. The van der Waals surface area contributed by atoms with Crippen LogP contribution in [0.2, 0.25) is 0 Å². The Morgan fingerprint density at radius 1 is 0.821 bits per heavy atom. The van der Waals surface area contributed by atoms with Gasteiger partial charge >= 0.3 is 0 Å². The summed E-state index contributed by atoms with van der Waals surface area (Å²) < 4.78 is 13.6. The quantitative estimate of drug-likeness (QED) is 0.334. The van der Waals surface area contributed by atoms with Crippen molar-refractivity contribution in [2.45, 2.75) is 6.61 Å². The third-order valence-electron chi connectivity index (χ3n) is 4.53. The number of aromatic nitrogens is 1. The van der Waals surface area contributed by atoms with E-state index in [0.29, 0.717) is 6.61 Å². The summed E-state index contributed by atoms with van der Waals surface area (Å²) in [6.45, 7) is 0.506. The molecule has 2 heterocycles. The second kappa shape index (κ2) is 7.33. The van der Waals surface area contributed by atoms with Crippen LogP contribution in [0.1, 0.15) is 5.56 Å². The maximum atomic E-state index is 6.32. The van der Waals surface area contributed by atoms with Crippen LogP contribution < -0.4 is 9.47 Å². The van der Waals surface area contributed by atoms with Crippen molar-refractivity contribution in [1.82, 2.24) is 4.98 Å². The van der Waals surface area contributed by atoms with Crippen LogP contribution in [0, 0.1) is 0 Å². The SMILES string of the molecule is c1ccc(COc2sc3ccccc3c2Oc2ccc3ncccc3c2)cc1. The molecule has 2 aromatic heterocycles. The first-order chi connectivity index (χ1) is 13.9. The summed E-state index contributed by atoms with van der Waals surface area (Å²) in [5.74, 6) is 1.54. The van der Waals surface area contributed by atoms with E-state index >= 15 is 0 Å². The Morgan fingerprint density at radius 3 is 2.61 bits per heavy atom. The predicted molar refractivity (Wildman–Crippen MR) is 114 cm³/mol. The van der Waals surface area contributed by atoms with E-state index in [1.165, 1.54) is 0 Å². The van der Waals surface area contributed by atoms with E-state index in [1.807, 2.05) is 60.7 Å². The molecule has 0 N–H and O–H groups in total. The Bertz CT molecular complexity index is 1250. The van der Waals surface area contributed by atoms with Crippen LogP contribution in [0.15, 0.2) is 91.1 Å². The van der Waals surface area contributed by atoms with Gasteiger partial charge in [-0.05, 0) is 42.0 Å². The third kappa shape index (κ3) is 3.30. The molecule has 0 fully saturated rings. The van der Waals surface area contributed by atoms with Crippen LogP contribution in [0.3, 0.4) is 0 Å². The number of fused-ring (bicyclic) bond motifs is 2. The minimum Gasteiger partial charge on any atom is -0.476 e. The fourth-order valence-corrected chi connectivity index (χ4v) is 4.13. The minimum atomic E-state index is 0.506. The largest absolute Gasteiger partial charge is 0.476 e. The first-order valence-electron chi connectivity index (χ1n) is 9.08. The van der Waals surface area contributed by atoms with Gasteiger partial charge in [-0.25, -0.2) is 0 Å². The molecular formula is C24H17NO2S. The van der Waals surface area contributed by atoms with Crippen molar-refractivity contribution in [1.29, 1.82) is 0 Å². The molecule has 3 aromatic carbocycles. The van der Waals surface area contributed by atoms with Crippen molar-refractivity contribution in [2.75, 3.05) is 0 Å². The number of pyridine rings is 1. The topological polar surface area (TPSA) is 31.4 Å². The van der Waals surface area contributed by atoms with E-state index in [9.17, 15) is 0 Å². The van der Waals surface area contributed by atoms with Gasteiger partial charge in [0, 0.05) is 21.7 Å². The Labute approximate surface area is 166 Å². The highest BCUT2D eigenvalue weighted by Crippen LogP contribution is 2.46. The summed E-state index contributed by atoms with van der Waals surface area (Å²) in [7, 11) is 0. The highest BCUT2D eigenvalue weighted by molar-refractivity contribution is 7.21. The van der Waals surface area contributed by atoms with Gasteiger partial charge in [-0.2, -0.15) is 0 Å². The van der Waals surface area contributed by atoms with Gasteiger partial charge in [-0.15, -0.1) is 0 Å². The molecule has 0 aliphatic heterocycles. The minimum absolute atomic E-state index is 0.506. The molecule has 4 heteroatoms. The van der Waals surface area contributed by atoms with E-state index in [2.05, 4.69) is 29.2 Å². The summed E-state index contributed by atoms with van der Waals surface area (Å²) in [4.78, 5) is 4.37. The fraction of sp³-hybridized carbons (Fsp3) is 0.0417. The van der Waals surface area contributed by atoms with Gasteiger partial charge in [0.05, 0.1) is 5.52 Å². The van der Waals surface area contributed by atoms with Gasteiger partial charge in [0.1, 0.15) is 12.4 Å². The van der Waals surface area contributed by atoms with E-state index in [0.717, 1.165) is 43.1 Å². The molecule has 0 radical (unpaired) electrons. The average Bonchev–Trinajstić information content (AvgIpc) is 3.10. The van der Waals surface area contributed by atoms with Crippen molar-refractivity contribution >= 4 is 32.3 Å². The first-order valence-corrected chi connectivity index (χ1v) is 9.89. The molecule has 28 heavy (non-hydrogen) atoms. The monoisotopic (exact) mass is 383 g/mol. The van der Waals surface area contributed by atoms with Gasteiger partial charge in [0.2, 0.25) is 5.06 Å². The van der Waals surface area contributed by atoms with Crippen molar-refractivity contribution in [3.8, 4) is 16.6 Å². The lowest BCUT2D eigenvalue weighted by atomic mass is 10.2. The van der Waals surface area contributed by atoms with Crippen molar-refractivity contribution < 1.29 is 9.47 Å². The van der Waals surface area contributed by atoms with E-state index in [4.69, 9.17) is 9.47 Å². The van der Waals surface area contributed by atoms with Gasteiger partial charge in [0.25, 0.3) is 0 Å². The summed E-state index contributed by atoms with van der Waals surface area (Å²) in [5.41, 5.74) is 2.08. The number of hydrogen-bond donors (Lipinski definition) is 0. The lowest BCUT2D eigenvalue weighted by Crippen LogP contribution is -1.95. The lowest BCUT2D eigenvalue weighted by Gasteiger charge is -2.10. The number of hydrogen-bond acceptors (Lipinski definition) is 4. The second-order valence-electron chi connectivity index (χ2n) is 6.45. The van der Waals surface area contributed by atoms with Crippen LogP contribution in [0.4, 0.5) is 0 Å². The van der Waals surface area contributed by atoms with Gasteiger partial charge in [-0.1, -0.05) is 59.9 Å². The average molecular weight is 383 g/mol. The number of nitrogens with zero attached hydrogens (tertiary/aromatic N) is 1. The highest BCUT2D eigenvalue weighted by atomic mass is 32.1. The normalized spacial score (nSPS) is 11.0. The van der Waals surface area contributed by atoms with Gasteiger partial charge in [-0.3, -0.25) is 4.98 Å². The first kappa shape index (κ1) is 16.8. The number of rotatable bonds is 5. The molecule has 0 atom stereocenters. The molecule has 0 saturated carbocycles. The number of benzene rings is 3. The molecule has 0 aliphatic rings. The zero-order chi connectivity index (χ0) is 18.8. The van der Waals surface area contributed by atoms with Crippen LogP contribution in [0.5, 0.6) is 16.6 Å². The maximum Gasteiger partial charge on any atom is 0.219 e. The molecule has 0 amide bonds. The van der Waals surface area contributed by atoms with Crippen LogP contribution in [-0.4, -0.2) is 4.98 Å². The summed E-state index contributed by atoms with van der Waals surface area (Å²) in [6.07, 6.45) is 1.80. The second-order valence-corrected chi connectivity index (χ2v) is 7.46. The molecule has 0 saturated heterocycles. The Hall–Kier alpha value is -3.37. The fourth-order valence-electron chi connectivity index (χ4n) is 3.15. The standard InChI is InChI=1S/C24H17NO2S/c1-2-7-17(8-3-1)16-26-24-23(20-10-4-5-11-22(20)28-24)27-19-12-13-21-18(15-19)9-6-14-25-21/h1-15H,16H2. The smallest absolute Gasteiger partial charge is 0.219 e. The predicted octanol–water partition coefficient (Wildman–Crippen LogP) is 6.82. The van der Waals surface area contributed by atoms with Crippen molar-refractivity contribution in [3.63, 3.8) is 0 Å². The van der Waals surface area contributed by atoms with E-state index in [-0.39, 0.29) is 0 Å². The van der Waals surface area contributed by atoms with Crippen molar-refractivity contribution in [2.24, 2.45) is 0 Å². The zero-order valence-corrected chi connectivity index (χ0v) is 15.9. The molecule has 0 spiro atoms. The molecule has 5 aromatic rings.